The predicted octanol–water partition coefficient (Wildman–Crippen LogP) is 1.07. The van der Waals surface area contributed by atoms with E-state index in [1.165, 1.54) is 19.2 Å². The largest absolute Gasteiger partial charge is 0.398 e. The van der Waals surface area contributed by atoms with Crippen LogP contribution in [-0.4, -0.2) is 38.8 Å². The number of nitrogens with two attached hydrogens (primary N) is 1. The van der Waals surface area contributed by atoms with Crippen LogP contribution >= 0.6 is 11.6 Å². The highest BCUT2D eigenvalue weighted by Crippen LogP contribution is 2.29. The minimum absolute atomic E-state index is 0.0332. The third-order valence-electron chi connectivity index (χ3n) is 2.60. The van der Waals surface area contributed by atoms with Gasteiger partial charge < -0.3 is 11.1 Å². The van der Waals surface area contributed by atoms with Crippen molar-refractivity contribution < 1.29 is 13.2 Å². The van der Waals surface area contributed by atoms with E-state index in [0.717, 1.165) is 10.7 Å². The lowest BCUT2D eigenvalue weighted by Crippen LogP contribution is -2.38. The van der Waals surface area contributed by atoms with Gasteiger partial charge in [0.05, 0.1) is 17.3 Å². The van der Waals surface area contributed by atoms with Crippen LogP contribution in [0.5, 0.6) is 0 Å². The smallest absolute Gasteiger partial charge is 0.246 e. The molecule has 0 fully saturated rings. The Bertz CT molecular complexity index is 569. The quantitative estimate of drug-likeness (QED) is 0.767. The Morgan fingerprint density at radius 2 is 2.10 bits per heavy atom. The highest BCUT2D eigenvalue weighted by molar-refractivity contribution is 7.89. The van der Waals surface area contributed by atoms with E-state index in [-0.39, 0.29) is 28.1 Å². The number of nitrogens with one attached hydrogen (secondary N) is 1. The maximum atomic E-state index is 12.4. The summed E-state index contributed by atoms with van der Waals surface area (Å²) in [6.07, 6.45) is 0.777. The Morgan fingerprint density at radius 1 is 1.45 bits per heavy atom. The molecule has 0 aromatic heterocycles. The van der Waals surface area contributed by atoms with Crippen LogP contribution < -0.4 is 11.1 Å². The number of halogens is 1. The molecule has 0 saturated carbocycles. The average Bonchev–Trinajstić information content (AvgIpc) is 2.35. The molecule has 3 N–H and O–H groups in total. The zero-order valence-electron chi connectivity index (χ0n) is 11.4. The molecule has 0 unspecified atom stereocenters. The van der Waals surface area contributed by atoms with Gasteiger partial charge >= 0.3 is 0 Å². The summed E-state index contributed by atoms with van der Waals surface area (Å²) >= 11 is 5.89. The van der Waals surface area contributed by atoms with Gasteiger partial charge in [0, 0.05) is 13.6 Å². The number of hydrogen-bond acceptors (Lipinski definition) is 4. The predicted molar refractivity (Wildman–Crippen MR) is 79.0 cm³/mol. The van der Waals surface area contributed by atoms with E-state index in [1.807, 2.05) is 6.92 Å². The molecule has 20 heavy (non-hydrogen) atoms. The first-order valence-corrected chi connectivity index (χ1v) is 7.89. The summed E-state index contributed by atoms with van der Waals surface area (Å²) in [5.74, 6) is -0.372. The molecule has 0 heterocycles. The van der Waals surface area contributed by atoms with Gasteiger partial charge in [0.1, 0.15) is 4.90 Å². The Kier molecular flexibility index (Phi) is 5.79. The Labute approximate surface area is 123 Å². The van der Waals surface area contributed by atoms with Crippen LogP contribution in [0, 0.1) is 0 Å². The summed E-state index contributed by atoms with van der Waals surface area (Å²) in [4.78, 5) is 11.4. The standard InChI is InChI=1S/C12H18ClN3O3S/c1-3-7-15-11(17)8-16(2)20(18,19)12-9(13)5-4-6-10(12)14/h4-6H,3,7-8,14H2,1-2H3,(H,15,17). The molecule has 0 bridgehead atoms. The molecule has 6 nitrogen and oxygen atoms in total. The van der Waals surface area contributed by atoms with Crippen LogP contribution in [0.15, 0.2) is 23.1 Å². The van der Waals surface area contributed by atoms with Crippen molar-refractivity contribution in [2.24, 2.45) is 0 Å². The first-order valence-electron chi connectivity index (χ1n) is 6.07. The fourth-order valence-electron chi connectivity index (χ4n) is 1.56. The number of benzene rings is 1. The van der Waals surface area contributed by atoms with E-state index < -0.39 is 10.0 Å². The summed E-state index contributed by atoms with van der Waals surface area (Å²) in [5, 5.41) is 2.64. The van der Waals surface area contributed by atoms with Crippen LogP contribution in [0.2, 0.25) is 5.02 Å². The molecule has 1 aromatic carbocycles. The van der Waals surface area contributed by atoms with Gasteiger partial charge in [-0.3, -0.25) is 4.79 Å². The minimum atomic E-state index is -3.90. The van der Waals surface area contributed by atoms with Crippen LogP contribution in [0.4, 0.5) is 5.69 Å². The zero-order chi connectivity index (χ0) is 15.3. The van der Waals surface area contributed by atoms with Crippen LogP contribution in [0.3, 0.4) is 0 Å². The SMILES string of the molecule is CCCNC(=O)CN(C)S(=O)(=O)c1c(N)cccc1Cl. The topological polar surface area (TPSA) is 92.5 Å². The van der Waals surface area contributed by atoms with E-state index in [1.54, 1.807) is 6.07 Å². The maximum absolute atomic E-state index is 12.4. The normalized spacial score (nSPS) is 11.6. The summed E-state index contributed by atoms with van der Waals surface area (Å²) in [6, 6.07) is 4.45. The third-order valence-corrected chi connectivity index (χ3v) is 4.95. The fraction of sp³-hybridized carbons (Fsp3) is 0.417. The van der Waals surface area contributed by atoms with Gasteiger partial charge in [0.15, 0.2) is 0 Å². The first-order chi connectivity index (χ1) is 9.30. The summed E-state index contributed by atoms with van der Waals surface area (Å²) < 4.78 is 25.7. The van der Waals surface area contributed by atoms with Crippen molar-refractivity contribution in [1.82, 2.24) is 9.62 Å². The lowest BCUT2D eigenvalue weighted by molar-refractivity contribution is -0.121. The zero-order valence-corrected chi connectivity index (χ0v) is 13.0. The molecule has 1 aromatic rings. The van der Waals surface area contributed by atoms with Gasteiger partial charge in [-0.15, -0.1) is 0 Å². The molecule has 0 aliphatic heterocycles. The number of sulfonamides is 1. The number of hydrogen-bond donors (Lipinski definition) is 2. The monoisotopic (exact) mass is 319 g/mol. The van der Waals surface area contributed by atoms with Crippen molar-refractivity contribution in [3.05, 3.63) is 23.2 Å². The lowest BCUT2D eigenvalue weighted by Gasteiger charge is -2.18. The van der Waals surface area contributed by atoms with E-state index >= 15 is 0 Å². The van der Waals surface area contributed by atoms with Crippen LogP contribution in [0.1, 0.15) is 13.3 Å². The molecular weight excluding hydrogens is 302 g/mol. The number of amides is 1. The van der Waals surface area contributed by atoms with Gasteiger partial charge in [-0.1, -0.05) is 24.6 Å². The highest BCUT2D eigenvalue weighted by Gasteiger charge is 2.27. The number of carbonyl (C=O) groups excluding carboxylic acids is 1. The minimum Gasteiger partial charge on any atom is -0.398 e. The van der Waals surface area contributed by atoms with Crippen molar-refractivity contribution >= 4 is 33.2 Å². The van der Waals surface area contributed by atoms with Gasteiger partial charge in [-0.2, -0.15) is 4.31 Å². The van der Waals surface area contributed by atoms with Crippen LogP contribution in [-0.2, 0) is 14.8 Å². The number of nitrogens with zero attached hydrogens (tertiary/aromatic N) is 1. The van der Waals surface area contributed by atoms with Crippen LogP contribution in [0.25, 0.3) is 0 Å². The molecule has 0 aliphatic rings. The van der Waals surface area contributed by atoms with Crippen molar-refractivity contribution in [1.29, 1.82) is 0 Å². The van der Waals surface area contributed by atoms with Crippen molar-refractivity contribution in [3.8, 4) is 0 Å². The summed E-state index contributed by atoms with van der Waals surface area (Å²) in [6.45, 7) is 2.12. The lowest BCUT2D eigenvalue weighted by atomic mass is 10.3. The molecule has 0 spiro atoms. The summed E-state index contributed by atoms with van der Waals surface area (Å²) in [5.41, 5.74) is 5.72. The molecule has 1 amide bonds. The molecule has 1 rings (SSSR count). The molecular formula is C12H18ClN3O3S. The van der Waals surface area contributed by atoms with Crippen molar-refractivity contribution in [2.75, 3.05) is 25.9 Å². The van der Waals surface area contributed by atoms with E-state index in [0.29, 0.717) is 6.54 Å². The maximum Gasteiger partial charge on any atom is 0.246 e. The Balaban J connectivity index is 2.96. The molecule has 112 valence electrons. The number of carbonyl (C=O) groups is 1. The second-order valence-corrected chi connectivity index (χ2v) is 6.66. The van der Waals surface area contributed by atoms with Crippen molar-refractivity contribution in [3.63, 3.8) is 0 Å². The van der Waals surface area contributed by atoms with Crippen molar-refractivity contribution in [2.45, 2.75) is 18.2 Å². The second kappa shape index (κ2) is 6.92. The second-order valence-electron chi connectivity index (χ2n) is 4.27. The highest BCUT2D eigenvalue weighted by atomic mass is 35.5. The van der Waals surface area contributed by atoms with E-state index in [9.17, 15) is 13.2 Å². The number of rotatable bonds is 6. The molecule has 0 saturated heterocycles. The van der Waals surface area contributed by atoms with Gasteiger partial charge in [0.25, 0.3) is 0 Å². The van der Waals surface area contributed by atoms with E-state index in [2.05, 4.69) is 5.32 Å². The molecule has 0 atom stereocenters. The van der Waals surface area contributed by atoms with Gasteiger partial charge in [-0.25, -0.2) is 8.42 Å². The van der Waals surface area contributed by atoms with E-state index in [4.69, 9.17) is 17.3 Å². The molecule has 0 radical (unpaired) electrons. The third kappa shape index (κ3) is 3.84. The van der Waals surface area contributed by atoms with Gasteiger partial charge in [0.2, 0.25) is 15.9 Å². The Hall–Kier alpha value is -1.31. The summed E-state index contributed by atoms with van der Waals surface area (Å²) in [7, 11) is -2.60. The molecule has 8 heteroatoms. The molecule has 0 aliphatic carbocycles. The first kappa shape index (κ1) is 16.7. The number of nitrogen functional groups attached to an aromatic ring is 1. The average molecular weight is 320 g/mol. The van der Waals surface area contributed by atoms with Gasteiger partial charge in [-0.05, 0) is 18.6 Å². The Morgan fingerprint density at radius 3 is 2.65 bits per heavy atom. The number of likely N-dealkylation sites (N-methyl/N-ethyl adjacent to an activating group) is 1. The fourth-order valence-corrected chi connectivity index (χ4v) is 3.31. The number of anilines is 1.